The van der Waals surface area contributed by atoms with Gasteiger partial charge in [0.15, 0.2) is 0 Å². The highest BCUT2D eigenvalue weighted by Crippen LogP contribution is 2.33. The second-order valence-corrected chi connectivity index (χ2v) is 7.06. The Kier molecular flexibility index (Phi) is 5.70. The molecule has 0 amide bonds. The van der Waals surface area contributed by atoms with Crippen LogP contribution < -0.4 is 14.4 Å². The predicted molar refractivity (Wildman–Crippen MR) is 119 cm³/mol. The van der Waals surface area contributed by atoms with E-state index in [-0.39, 0.29) is 5.75 Å². The van der Waals surface area contributed by atoms with Crippen molar-refractivity contribution in [2.24, 2.45) is 0 Å². The largest absolute Gasteiger partial charge is 0.506 e. The van der Waals surface area contributed by atoms with Gasteiger partial charge in [-0.05, 0) is 59.7 Å². The summed E-state index contributed by atoms with van der Waals surface area (Å²) in [6, 6.07) is 23.7. The van der Waals surface area contributed by atoms with Gasteiger partial charge in [-0.15, -0.1) is 0 Å². The highest BCUT2D eigenvalue weighted by molar-refractivity contribution is 5.95. The minimum atomic E-state index is 0.184. The van der Waals surface area contributed by atoms with Crippen molar-refractivity contribution in [1.82, 2.24) is 4.98 Å². The fraction of sp³-hybridized carbons (Fsp3) is 0.160. The summed E-state index contributed by atoms with van der Waals surface area (Å²) in [6.07, 6.45) is 1.70. The molecule has 0 aliphatic heterocycles. The molecule has 0 saturated carbocycles. The Labute approximate surface area is 176 Å². The Morgan fingerprint density at radius 1 is 0.767 bits per heavy atom. The van der Waals surface area contributed by atoms with Crippen molar-refractivity contribution in [3.63, 3.8) is 0 Å². The average molecular weight is 400 g/mol. The van der Waals surface area contributed by atoms with Crippen molar-refractivity contribution in [2.45, 2.75) is 13.1 Å². The summed E-state index contributed by atoms with van der Waals surface area (Å²) >= 11 is 0. The number of anilines is 1. The van der Waals surface area contributed by atoms with E-state index in [9.17, 15) is 5.11 Å². The Morgan fingerprint density at radius 2 is 1.33 bits per heavy atom. The number of phenolic OH excluding ortho intramolecular Hbond substituents is 1. The first-order chi connectivity index (χ1) is 14.7. The van der Waals surface area contributed by atoms with Crippen LogP contribution in [0.15, 0.2) is 79.0 Å². The lowest BCUT2D eigenvalue weighted by Gasteiger charge is -2.27. The maximum atomic E-state index is 10.3. The zero-order valence-corrected chi connectivity index (χ0v) is 17.1. The summed E-state index contributed by atoms with van der Waals surface area (Å²) in [5, 5.41) is 11.2. The smallest absolute Gasteiger partial charge is 0.141 e. The SMILES string of the molecule is COc1ccc(CN(Cc2ccc(OC)cc2)c2ccc(O)c3ncccc23)cc1. The summed E-state index contributed by atoms with van der Waals surface area (Å²) < 4.78 is 10.6. The molecule has 0 fully saturated rings. The molecule has 0 saturated heterocycles. The molecule has 152 valence electrons. The van der Waals surface area contributed by atoms with Gasteiger partial charge in [0.05, 0.1) is 14.2 Å². The van der Waals surface area contributed by atoms with Gasteiger partial charge in [0, 0.05) is 30.4 Å². The first-order valence-electron chi connectivity index (χ1n) is 9.75. The third-order valence-corrected chi connectivity index (χ3v) is 5.13. The Hall–Kier alpha value is -3.73. The van der Waals surface area contributed by atoms with Gasteiger partial charge in [-0.3, -0.25) is 4.98 Å². The number of nitrogens with zero attached hydrogens (tertiary/aromatic N) is 2. The quantitative estimate of drug-likeness (QED) is 0.464. The van der Waals surface area contributed by atoms with Crippen LogP contribution in [0.2, 0.25) is 0 Å². The number of hydrogen-bond donors (Lipinski definition) is 1. The van der Waals surface area contributed by atoms with Crippen LogP contribution >= 0.6 is 0 Å². The van der Waals surface area contributed by atoms with E-state index in [4.69, 9.17) is 9.47 Å². The van der Waals surface area contributed by atoms with Crippen LogP contribution in [0.1, 0.15) is 11.1 Å². The Balaban J connectivity index is 1.73. The Bertz CT molecular complexity index is 1080. The van der Waals surface area contributed by atoms with Crippen LogP contribution in [0, 0.1) is 0 Å². The molecule has 1 N–H and O–H groups in total. The monoisotopic (exact) mass is 400 g/mol. The number of aromatic hydroxyl groups is 1. The van der Waals surface area contributed by atoms with Gasteiger partial charge in [0.2, 0.25) is 0 Å². The van der Waals surface area contributed by atoms with Crippen LogP contribution in [0.5, 0.6) is 17.2 Å². The number of pyridine rings is 1. The molecular weight excluding hydrogens is 376 g/mol. The number of benzene rings is 3. The molecule has 0 bridgehead atoms. The van der Waals surface area contributed by atoms with E-state index in [0.29, 0.717) is 18.6 Å². The van der Waals surface area contributed by atoms with Gasteiger partial charge in [-0.25, -0.2) is 0 Å². The van der Waals surface area contributed by atoms with Gasteiger partial charge in [-0.1, -0.05) is 24.3 Å². The van der Waals surface area contributed by atoms with Crippen molar-refractivity contribution in [3.8, 4) is 17.2 Å². The molecule has 5 nitrogen and oxygen atoms in total. The van der Waals surface area contributed by atoms with Gasteiger partial charge in [0.1, 0.15) is 22.8 Å². The Morgan fingerprint density at radius 3 is 1.87 bits per heavy atom. The number of ether oxygens (including phenoxy) is 2. The molecule has 0 radical (unpaired) electrons. The number of rotatable bonds is 7. The standard InChI is InChI=1S/C25H24N2O3/c1-29-20-9-5-18(6-10-20)16-27(17-19-7-11-21(30-2)12-8-19)23-13-14-24(28)25-22(23)4-3-15-26-25/h3-15,28H,16-17H2,1-2H3. The zero-order chi connectivity index (χ0) is 20.9. The molecule has 0 unspecified atom stereocenters. The maximum absolute atomic E-state index is 10.3. The second-order valence-electron chi connectivity index (χ2n) is 7.06. The number of phenols is 1. The van der Waals surface area contributed by atoms with E-state index in [0.717, 1.165) is 33.7 Å². The van der Waals surface area contributed by atoms with Crippen LogP contribution in [0.3, 0.4) is 0 Å². The third-order valence-electron chi connectivity index (χ3n) is 5.13. The fourth-order valence-electron chi connectivity index (χ4n) is 3.55. The molecule has 0 spiro atoms. The topological polar surface area (TPSA) is 54.8 Å². The molecule has 0 atom stereocenters. The molecule has 1 heterocycles. The molecule has 4 rings (SSSR count). The van der Waals surface area contributed by atoms with Crippen molar-refractivity contribution in [1.29, 1.82) is 0 Å². The number of fused-ring (bicyclic) bond motifs is 1. The first kappa shape index (κ1) is 19.6. The summed E-state index contributed by atoms with van der Waals surface area (Å²) in [5.74, 6) is 1.85. The van der Waals surface area contributed by atoms with Crippen molar-refractivity contribution < 1.29 is 14.6 Å². The van der Waals surface area contributed by atoms with E-state index in [2.05, 4.69) is 34.1 Å². The van der Waals surface area contributed by atoms with E-state index in [1.165, 1.54) is 0 Å². The lowest BCUT2D eigenvalue weighted by atomic mass is 10.1. The van der Waals surface area contributed by atoms with Crippen LogP contribution in [-0.4, -0.2) is 24.3 Å². The molecule has 4 aromatic rings. The fourth-order valence-corrected chi connectivity index (χ4v) is 3.55. The summed E-state index contributed by atoms with van der Waals surface area (Å²) in [6.45, 7) is 1.40. The molecule has 5 heteroatoms. The lowest BCUT2D eigenvalue weighted by Crippen LogP contribution is -2.22. The first-order valence-corrected chi connectivity index (χ1v) is 9.75. The van der Waals surface area contributed by atoms with Gasteiger partial charge in [-0.2, -0.15) is 0 Å². The lowest BCUT2D eigenvalue weighted by molar-refractivity contribution is 0.414. The minimum absolute atomic E-state index is 0.184. The minimum Gasteiger partial charge on any atom is -0.506 e. The summed E-state index contributed by atoms with van der Waals surface area (Å²) in [4.78, 5) is 6.66. The molecule has 3 aromatic carbocycles. The third kappa shape index (κ3) is 4.15. The number of methoxy groups -OCH3 is 2. The second kappa shape index (κ2) is 8.74. The van der Waals surface area contributed by atoms with E-state index >= 15 is 0 Å². The zero-order valence-electron chi connectivity index (χ0n) is 17.1. The molecular formula is C25H24N2O3. The number of aromatic nitrogens is 1. The van der Waals surface area contributed by atoms with Gasteiger partial charge < -0.3 is 19.5 Å². The maximum Gasteiger partial charge on any atom is 0.141 e. The highest BCUT2D eigenvalue weighted by atomic mass is 16.5. The predicted octanol–water partition coefficient (Wildman–Crippen LogP) is 5.16. The van der Waals surface area contributed by atoms with Crippen molar-refractivity contribution in [3.05, 3.63) is 90.1 Å². The van der Waals surface area contributed by atoms with Gasteiger partial charge >= 0.3 is 0 Å². The molecule has 0 aliphatic rings. The average Bonchev–Trinajstić information content (AvgIpc) is 2.80. The van der Waals surface area contributed by atoms with Crippen LogP contribution in [-0.2, 0) is 13.1 Å². The number of hydrogen-bond acceptors (Lipinski definition) is 5. The van der Waals surface area contributed by atoms with Crippen molar-refractivity contribution in [2.75, 3.05) is 19.1 Å². The van der Waals surface area contributed by atoms with Gasteiger partial charge in [0.25, 0.3) is 0 Å². The highest BCUT2D eigenvalue weighted by Gasteiger charge is 2.14. The van der Waals surface area contributed by atoms with Crippen LogP contribution in [0.25, 0.3) is 10.9 Å². The molecule has 1 aromatic heterocycles. The van der Waals surface area contributed by atoms with E-state index in [1.807, 2.05) is 42.5 Å². The van der Waals surface area contributed by atoms with E-state index < -0.39 is 0 Å². The molecule has 0 aliphatic carbocycles. The summed E-state index contributed by atoms with van der Waals surface area (Å²) in [5.41, 5.74) is 3.94. The van der Waals surface area contributed by atoms with Crippen LogP contribution in [0.4, 0.5) is 5.69 Å². The van der Waals surface area contributed by atoms with Crippen molar-refractivity contribution >= 4 is 16.6 Å². The van der Waals surface area contributed by atoms with E-state index in [1.54, 1.807) is 26.5 Å². The normalized spacial score (nSPS) is 10.7. The molecule has 30 heavy (non-hydrogen) atoms. The summed E-state index contributed by atoms with van der Waals surface area (Å²) in [7, 11) is 3.33.